The van der Waals surface area contributed by atoms with Crippen molar-refractivity contribution >= 4 is 28.6 Å². The molecule has 3 N–H and O–H groups in total. The van der Waals surface area contributed by atoms with Crippen LogP contribution in [0.2, 0.25) is 0 Å². The van der Waals surface area contributed by atoms with E-state index in [0.29, 0.717) is 13.0 Å². The van der Waals surface area contributed by atoms with E-state index >= 15 is 0 Å². The van der Waals surface area contributed by atoms with Crippen molar-refractivity contribution in [3.05, 3.63) is 30.6 Å². The normalized spacial score (nSPS) is 19.9. The molecule has 0 aromatic carbocycles. The molecule has 0 bridgehead atoms. The van der Waals surface area contributed by atoms with E-state index in [9.17, 15) is 14.7 Å². The van der Waals surface area contributed by atoms with Crippen molar-refractivity contribution < 1.29 is 19.8 Å². The second-order valence-electron chi connectivity index (χ2n) is 8.64. The highest BCUT2D eigenvalue weighted by Gasteiger charge is 2.35. The average molecular weight is 400 g/mol. The molecule has 0 spiro atoms. The summed E-state index contributed by atoms with van der Waals surface area (Å²) < 4.78 is 0. The van der Waals surface area contributed by atoms with Crippen molar-refractivity contribution in [3.8, 4) is 0 Å². The molecule has 3 heterocycles. The zero-order chi connectivity index (χ0) is 21.1. The van der Waals surface area contributed by atoms with E-state index in [2.05, 4.69) is 20.2 Å². The third kappa shape index (κ3) is 5.41. The number of aromatic nitrogens is 2. The summed E-state index contributed by atoms with van der Waals surface area (Å²) in [7, 11) is 0. The molecule has 1 saturated heterocycles. The Morgan fingerprint density at radius 1 is 1.24 bits per heavy atom. The molecule has 2 aromatic heterocycles. The Labute approximate surface area is 170 Å². The van der Waals surface area contributed by atoms with Gasteiger partial charge in [0.15, 0.2) is 0 Å². The van der Waals surface area contributed by atoms with E-state index in [-0.39, 0.29) is 25.3 Å². The average Bonchev–Trinajstić information content (AvgIpc) is 2.64. The van der Waals surface area contributed by atoms with Gasteiger partial charge >= 0.3 is 5.97 Å². The summed E-state index contributed by atoms with van der Waals surface area (Å²) in [6.45, 7) is 4.79. The maximum absolute atomic E-state index is 12.3. The Morgan fingerprint density at radius 2 is 2.03 bits per heavy atom. The van der Waals surface area contributed by atoms with Gasteiger partial charge < -0.3 is 20.4 Å². The monoisotopic (exact) mass is 400 g/mol. The first-order valence-corrected chi connectivity index (χ1v) is 9.83. The summed E-state index contributed by atoms with van der Waals surface area (Å²) in [6.07, 6.45) is 4.84. The van der Waals surface area contributed by atoms with Crippen LogP contribution in [-0.2, 0) is 9.59 Å². The number of fused-ring (bicyclic) bond motifs is 1. The fraction of sp³-hybridized carbons (Fsp3) is 0.524. The summed E-state index contributed by atoms with van der Waals surface area (Å²) in [5.74, 6) is -1.18. The minimum absolute atomic E-state index is 0.0828. The molecule has 0 aliphatic carbocycles. The maximum Gasteiger partial charge on any atom is 0.303 e. The number of nitrogens with zero attached hydrogens (tertiary/aromatic N) is 3. The van der Waals surface area contributed by atoms with Gasteiger partial charge in [-0.2, -0.15) is 0 Å². The van der Waals surface area contributed by atoms with Crippen molar-refractivity contribution in [1.82, 2.24) is 15.3 Å². The van der Waals surface area contributed by atoms with Crippen LogP contribution < -0.4 is 10.2 Å². The fourth-order valence-electron chi connectivity index (χ4n) is 3.92. The molecule has 3 rings (SSSR count). The van der Waals surface area contributed by atoms with Gasteiger partial charge in [0.05, 0.1) is 23.2 Å². The molecule has 1 aliphatic rings. The molecule has 0 radical (unpaired) electrons. The Hall–Kier alpha value is -2.74. The number of rotatable bonds is 7. The third-order valence-electron chi connectivity index (χ3n) is 5.25. The molecule has 8 heteroatoms. The summed E-state index contributed by atoms with van der Waals surface area (Å²) in [6, 6.07) is 5.64. The zero-order valence-corrected chi connectivity index (χ0v) is 16.9. The highest BCUT2D eigenvalue weighted by atomic mass is 16.4. The summed E-state index contributed by atoms with van der Waals surface area (Å²) >= 11 is 0. The van der Waals surface area contributed by atoms with Crippen molar-refractivity contribution in [2.24, 2.45) is 5.41 Å². The smallest absolute Gasteiger partial charge is 0.303 e. The number of hydrogen-bond donors (Lipinski definition) is 3. The van der Waals surface area contributed by atoms with Gasteiger partial charge in [0, 0.05) is 38.4 Å². The summed E-state index contributed by atoms with van der Waals surface area (Å²) in [5.41, 5.74) is 0.808. The summed E-state index contributed by atoms with van der Waals surface area (Å²) in [5, 5.41) is 22.8. The van der Waals surface area contributed by atoms with Crippen LogP contribution >= 0.6 is 0 Å². The molecule has 8 nitrogen and oxygen atoms in total. The second-order valence-corrected chi connectivity index (χ2v) is 8.64. The Kier molecular flexibility index (Phi) is 6.02. The first kappa shape index (κ1) is 21.0. The van der Waals surface area contributed by atoms with E-state index in [0.717, 1.165) is 29.7 Å². The van der Waals surface area contributed by atoms with E-state index in [1.165, 1.54) is 0 Å². The van der Waals surface area contributed by atoms with Gasteiger partial charge in [0.25, 0.3) is 0 Å². The molecule has 1 atom stereocenters. The van der Waals surface area contributed by atoms with Gasteiger partial charge in [0.1, 0.15) is 5.52 Å². The maximum atomic E-state index is 12.3. The largest absolute Gasteiger partial charge is 0.481 e. The Balaban J connectivity index is 1.65. The molecular weight excluding hydrogens is 372 g/mol. The number of anilines is 1. The van der Waals surface area contributed by atoms with E-state index in [1.807, 2.05) is 18.2 Å². The number of hydrogen-bond acceptors (Lipinski definition) is 6. The first-order valence-electron chi connectivity index (χ1n) is 9.83. The predicted molar refractivity (Wildman–Crippen MR) is 110 cm³/mol. The number of piperidine rings is 1. The topological polar surface area (TPSA) is 116 Å². The van der Waals surface area contributed by atoms with Gasteiger partial charge in [-0.15, -0.1) is 0 Å². The van der Waals surface area contributed by atoms with Crippen LogP contribution in [0.15, 0.2) is 30.6 Å². The van der Waals surface area contributed by atoms with Crippen molar-refractivity contribution in [1.29, 1.82) is 0 Å². The van der Waals surface area contributed by atoms with Gasteiger partial charge in [-0.05, 0) is 36.5 Å². The van der Waals surface area contributed by atoms with E-state index < -0.39 is 17.0 Å². The lowest BCUT2D eigenvalue weighted by molar-refractivity contribution is -0.139. The van der Waals surface area contributed by atoms with E-state index in [4.69, 9.17) is 5.11 Å². The van der Waals surface area contributed by atoms with Crippen LogP contribution in [0.1, 0.15) is 39.5 Å². The number of nitrogens with one attached hydrogen (secondary N) is 1. The number of β-amino-alcohol motifs (C(OH)–C–C–N with tert-alkyl or cyclic N) is 1. The number of carbonyl (C=O) groups is 2. The number of carbonyl (C=O) groups excluding carboxylic acids is 1. The molecular formula is C21H28N4O4. The Bertz CT molecular complexity index is 896. The van der Waals surface area contributed by atoms with Crippen LogP contribution in [0.5, 0.6) is 0 Å². The first-order chi connectivity index (χ1) is 13.7. The van der Waals surface area contributed by atoms with Crippen molar-refractivity contribution in [2.45, 2.75) is 45.1 Å². The second kappa shape index (κ2) is 8.32. The quantitative estimate of drug-likeness (QED) is 0.651. The van der Waals surface area contributed by atoms with Gasteiger partial charge in [-0.1, -0.05) is 13.8 Å². The number of carboxylic acids is 1. The number of pyridine rings is 2. The van der Waals surface area contributed by atoms with Crippen molar-refractivity contribution in [2.75, 3.05) is 24.5 Å². The SMILES string of the molecule is CC(C)(CC(=O)O)CC(=O)NC[C@]1(O)CCCN(c2ccnc3cccnc23)C1. The van der Waals surface area contributed by atoms with Crippen LogP contribution in [0.25, 0.3) is 11.0 Å². The Morgan fingerprint density at radius 3 is 2.79 bits per heavy atom. The lowest BCUT2D eigenvalue weighted by atomic mass is 9.85. The molecule has 2 aromatic rings. The summed E-state index contributed by atoms with van der Waals surface area (Å²) in [4.78, 5) is 34.1. The van der Waals surface area contributed by atoms with Crippen LogP contribution in [0.4, 0.5) is 5.69 Å². The lowest BCUT2D eigenvalue weighted by Crippen LogP contribution is -2.54. The predicted octanol–water partition coefficient (Wildman–Crippen LogP) is 1.97. The number of amides is 1. The fourth-order valence-corrected chi connectivity index (χ4v) is 3.92. The standard InChI is InChI=1S/C21H28N4O4/c1-20(2,12-18(27)28)11-17(26)24-13-21(29)7-4-10-25(14-21)16-6-9-22-15-5-3-8-23-19(15)16/h3,5-6,8-9,29H,4,7,10-14H2,1-2H3,(H,24,26)(H,27,28)/t21-/m1/s1. The zero-order valence-electron chi connectivity index (χ0n) is 16.9. The minimum atomic E-state index is -1.06. The van der Waals surface area contributed by atoms with Gasteiger partial charge in [-0.3, -0.25) is 19.6 Å². The number of aliphatic hydroxyl groups is 1. The highest BCUT2D eigenvalue weighted by Crippen LogP contribution is 2.30. The molecule has 1 fully saturated rings. The molecule has 29 heavy (non-hydrogen) atoms. The van der Waals surface area contributed by atoms with Gasteiger partial charge in [0.2, 0.25) is 5.91 Å². The highest BCUT2D eigenvalue weighted by molar-refractivity contribution is 5.87. The lowest BCUT2D eigenvalue weighted by Gasteiger charge is -2.40. The molecule has 156 valence electrons. The molecule has 1 aliphatic heterocycles. The van der Waals surface area contributed by atoms with Crippen LogP contribution in [0.3, 0.4) is 0 Å². The molecule has 1 amide bonds. The minimum Gasteiger partial charge on any atom is -0.481 e. The molecule has 0 unspecified atom stereocenters. The van der Waals surface area contributed by atoms with Crippen LogP contribution in [-0.4, -0.2) is 57.3 Å². The number of carboxylic acid groups (broad SMARTS) is 1. The number of aliphatic carboxylic acids is 1. The van der Waals surface area contributed by atoms with Crippen LogP contribution in [0, 0.1) is 5.41 Å². The molecule has 0 saturated carbocycles. The van der Waals surface area contributed by atoms with E-state index in [1.54, 1.807) is 26.2 Å². The van der Waals surface area contributed by atoms with Crippen molar-refractivity contribution in [3.63, 3.8) is 0 Å². The van der Waals surface area contributed by atoms with Gasteiger partial charge in [-0.25, -0.2) is 0 Å². The third-order valence-corrected chi connectivity index (χ3v) is 5.25.